The van der Waals surface area contributed by atoms with Gasteiger partial charge in [0, 0.05) is 17.2 Å². The van der Waals surface area contributed by atoms with Crippen molar-refractivity contribution in [2.75, 3.05) is 6.54 Å². The van der Waals surface area contributed by atoms with Crippen molar-refractivity contribution >= 4 is 22.0 Å². The third-order valence-electron chi connectivity index (χ3n) is 2.10. The molecule has 0 saturated heterocycles. The Morgan fingerprint density at radius 3 is 2.53 bits per heavy atom. The van der Waals surface area contributed by atoms with E-state index in [1.54, 1.807) is 6.20 Å². The third-order valence-corrected chi connectivity index (χ3v) is 2.63. The van der Waals surface area contributed by atoms with Gasteiger partial charge in [-0.1, -0.05) is 33.6 Å². The SMILES string of the molecule is CC(C)=CNC(=O)NCCc1ccc(Br)cc1. The quantitative estimate of drug-likeness (QED) is 0.880. The Balaban J connectivity index is 2.26. The highest BCUT2D eigenvalue weighted by Crippen LogP contribution is 2.10. The number of benzene rings is 1. The number of amides is 2. The number of nitrogens with one attached hydrogen (secondary N) is 2. The van der Waals surface area contributed by atoms with Crippen molar-refractivity contribution in [3.8, 4) is 0 Å². The van der Waals surface area contributed by atoms with Crippen LogP contribution < -0.4 is 10.6 Å². The molecule has 2 N–H and O–H groups in total. The van der Waals surface area contributed by atoms with E-state index in [2.05, 4.69) is 26.6 Å². The van der Waals surface area contributed by atoms with Crippen molar-refractivity contribution < 1.29 is 4.79 Å². The van der Waals surface area contributed by atoms with Gasteiger partial charge in [-0.3, -0.25) is 0 Å². The fraction of sp³-hybridized carbons (Fsp3) is 0.308. The molecule has 0 heterocycles. The van der Waals surface area contributed by atoms with Crippen LogP contribution in [-0.4, -0.2) is 12.6 Å². The average molecular weight is 297 g/mol. The summed E-state index contributed by atoms with van der Waals surface area (Å²) in [5.41, 5.74) is 2.27. The van der Waals surface area contributed by atoms with Gasteiger partial charge in [0.15, 0.2) is 0 Å². The van der Waals surface area contributed by atoms with Crippen LogP contribution in [0.5, 0.6) is 0 Å². The minimum Gasteiger partial charge on any atom is -0.338 e. The first-order valence-corrected chi connectivity index (χ1v) is 6.29. The van der Waals surface area contributed by atoms with Crippen molar-refractivity contribution in [2.24, 2.45) is 0 Å². The molecule has 0 radical (unpaired) electrons. The van der Waals surface area contributed by atoms with Crippen molar-refractivity contribution in [1.82, 2.24) is 10.6 Å². The Hall–Kier alpha value is -1.29. The highest BCUT2D eigenvalue weighted by Gasteiger charge is 1.97. The molecule has 2 amide bonds. The molecule has 17 heavy (non-hydrogen) atoms. The molecule has 1 aromatic carbocycles. The zero-order valence-electron chi connectivity index (χ0n) is 10.1. The summed E-state index contributed by atoms with van der Waals surface area (Å²) >= 11 is 3.38. The van der Waals surface area contributed by atoms with Crippen LogP contribution in [-0.2, 0) is 6.42 Å². The molecule has 0 saturated carbocycles. The highest BCUT2D eigenvalue weighted by atomic mass is 79.9. The molecule has 0 unspecified atom stereocenters. The lowest BCUT2D eigenvalue weighted by molar-refractivity contribution is 0.244. The Kier molecular flexibility index (Phi) is 5.77. The van der Waals surface area contributed by atoms with Gasteiger partial charge in [0.1, 0.15) is 0 Å². The number of allylic oxidation sites excluding steroid dienone is 1. The van der Waals surface area contributed by atoms with Crippen LogP contribution >= 0.6 is 15.9 Å². The Bertz CT molecular complexity index is 394. The molecule has 0 aliphatic carbocycles. The smallest absolute Gasteiger partial charge is 0.318 e. The fourth-order valence-corrected chi connectivity index (χ4v) is 1.50. The maximum absolute atomic E-state index is 11.3. The molecule has 0 bridgehead atoms. The monoisotopic (exact) mass is 296 g/mol. The molecular weight excluding hydrogens is 280 g/mol. The summed E-state index contributed by atoms with van der Waals surface area (Å²) < 4.78 is 1.07. The van der Waals surface area contributed by atoms with Gasteiger partial charge in [0.25, 0.3) is 0 Å². The summed E-state index contributed by atoms with van der Waals surface area (Å²) in [6, 6.07) is 7.92. The molecule has 0 aliphatic heterocycles. The fourth-order valence-electron chi connectivity index (χ4n) is 1.23. The summed E-state index contributed by atoms with van der Waals surface area (Å²) in [5.74, 6) is 0. The minimum atomic E-state index is -0.164. The van der Waals surface area contributed by atoms with Gasteiger partial charge in [-0.15, -0.1) is 0 Å². The molecule has 0 aliphatic rings. The molecule has 1 aromatic rings. The second-order valence-corrected chi connectivity index (χ2v) is 4.91. The number of urea groups is 1. The molecular formula is C13H17BrN2O. The van der Waals surface area contributed by atoms with Gasteiger partial charge >= 0.3 is 6.03 Å². The molecule has 3 nitrogen and oxygen atoms in total. The Morgan fingerprint density at radius 1 is 1.29 bits per heavy atom. The summed E-state index contributed by atoms with van der Waals surface area (Å²) in [6.45, 7) is 4.49. The summed E-state index contributed by atoms with van der Waals surface area (Å²) in [7, 11) is 0. The van der Waals surface area contributed by atoms with E-state index < -0.39 is 0 Å². The van der Waals surface area contributed by atoms with E-state index >= 15 is 0 Å². The number of carbonyl (C=O) groups excluding carboxylic acids is 1. The first kappa shape index (κ1) is 13.8. The maximum Gasteiger partial charge on any atom is 0.318 e. The molecule has 4 heteroatoms. The molecule has 0 aromatic heterocycles. The Labute approximate surface area is 110 Å². The molecule has 1 rings (SSSR count). The minimum absolute atomic E-state index is 0.164. The van der Waals surface area contributed by atoms with E-state index in [0.717, 1.165) is 16.5 Å². The first-order valence-electron chi connectivity index (χ1n) is 5.50. The molecule has 0 atom stereocenters. The van der Waals surface area contributed by atoms with Crippen molar-refractivity contribution in [2.45, 2.75) is 20.3 Å². The van der Waals surface area contributed by atoms with Gasteiger partial charge in [0.05, 0.1) is 0 Å². The van der Waals surface area contributed by atoms with Crippen LogP contribution in [0.2, 0.25) is 0 Å². The van der Waals surface area contributed by atoms with Crippen molar-refractivity contribution in [3.05, 3.63) is 46.1 Å². The van der Waals surface area contributed by atoms with Gasteiger partial charge in [0.2, 0.25) is 0 Å². The van der Waals surface area contributed by atoms with Crippen LogP contribution in [0.25, 0.3) is 0 Å². The number of rotatable bonds is 4. The normalized spacial score (nSPS) is 9.59. The van der Waals surface area contributed by atoms with Gasteiger partial charge in [-0.05, 0) is 38.0 Å². The van der Waals surface area contributed by atoms with Crippen LogP contribution in [0.15, 0.2) is 40.5 Å². The predicted octanol–water partition coefficient (Wildman–Crippen LogP) is 3.21. The number of halogens is 1. The third kappa shape index (κ3) is 6.12. The van der Waals surface area contributed by atoms with Gasteiger partial charge in [-0.25, -0.2) is 4.79 Å². The Morgan fingerprint density at radius 2 is 1.94 bits per heavy atom. The van der Waals surface area contributed by atoms with Crippen molar-refractivity contribution in [1.29, 1.82) is 0 Å². The lowest BCUT2D eigenvalue weighted by Crippen LogP contribution is -2.33. The summed E-state index contributed by atoms with van der Waals surface area (Å²) in [4.78, 5) is 11.3. The second-order valence-electron chi connectivity index (χ2n) is 4.00. The number of hydrogen-bond donors (Lipinski definition) is 2. The molecule has 92 valence electrons. The zero-order chi connectivity index (χ0) is 12.7. The van der Waals surface area contributed by atoms with Crippen molar-refractivity contribution in [3.63, 3.8) is 0 Å². The molecule has 0 spiro atoms. The average Bonchev–Trinajstić information content (AvgIpc) is 2.29. The summed E-state index contributed by atoms with van der Waals surface area (Å²) in [5, 5.41) is 5.45. The van der Waals surface area contributed by atoms with E-state index in [1.165, 1.54) is 5.56 Å². The van der Waals surface area contributed by atoms with Crippen LogP contribution in [0, 0.1) is 0 Å². The zero-order valence-corrected chi connectivity index (χ0v) is 11.7. The number of carbonyl (C=O) groups is 1. The maximum atomic E-state index is 11.3. The highest BCUT2D eigenvalue weighted by molar-refractivity contribution is 9.10. The van der Waals surface area contributed by atoms with E-state index in [9.17, 15) is 4.79 Å². The lowest BCUT2D eigenvalue weighted by Gasteiger charge is -2.05. The van der Waals surface area contributed by atoms with E-state index in [4.69, 9.17) is 0 Å². The number of hydrogen-bond acceptors (Lipinski definition) is 1. The van der Waals surface area contributed by atoms with Crippen LogP contribution in [0.3, 0.4) is 0 Å². The standard InChI is InChI=1S/C13H17BrN2O/c1-10(2)9-16-13(17)15-8-7-11-3-5-12(14)6-4-11/h3-6,9H,7-8H2,1-2H3,(H2,15,16,17). The van der Waals surface area contributed by atoms with Crippen LogP contribution in [0.1, 0.15) is 19.4 Å². The topological polar surface area (TPSA) is 41.1 Å². The van der Waals surface area contributed by atoms with E-state index in [-0.39, 0.29) is 6.03 Å². The first-order chi connectivity index (χ1) is 8.08. The van der Waals surface area contributed by atoms with Gasteiger partial charge in [-0.2, -0.15) is 0 Å². The molecule has 0 fully saturated rings. The predicted molar refractivity (Wildman–Crippen MR) is 73.8 cm³/mol. The van der Waals surface area contributed by atoms with E-state index in [0.29, 0.717) is 6.54 Å². The van der Waals surface area contributed by atoms with Gasteiger partial charge < -0.3 is 10.6 Å². The second kappa shape index (κ2) is 7.12. The summed E-state index contributed by atoms with van der Waals surface area (Å²) in [6.07, 6.45) is 2.52. The van der Waals surface area contributed by atoms with E-state index in [1.807, 2.05) is 38.1 Å². The largest absolute Gasteiger partial charge is 0.338 e. The lowest BCUT2D eigenvalue weighted by atomic mass is 10.1. The van der Waals surface area contributed by atoms with Crippen LogP contribution in [0.4, 0.5) is 4.79 Å².